The van der Waals surface area contributed by atoms with Crippen LogP contribution < -0.4 is 4.74 Å². The first-order valence-corrected chi connectivity index (χ1v) is 10.3. The summed E-state index contributed by atoms with van der Waals surface area (Å²) in [5, 5.41) is 8.03. The third-order valence-corrected chi connectivity index (χ3v) is 5.80. The molecule has 3 rings (SSSR count). The van der Waals surface area contributed by atoms with Gasteiger partial charge < -0.3 is 14.7 Å². The Bertz CT molecular complexity index is 1160. The van der Waals surface area contributed by atoms with E-state index in [-0.39, 0.29) is 4.90 Å². The Morgan fingerprint density at radius 3 is 2.19 bits per heavy atom. The van der Waals surface area contributed by atoms with Crippen LogP contribution in [-0.4, -0.2) is 55.7 Å². The number of hydrogen-bond acceptors (Lipinski definition) is 5. The largest absolute Gasteiger partial charge is 0.497 e. The van der Waals surface area contributed by atoms with Crippen LogP contribution in [-0.2, 0) is 21.4 Å². The van der Waals surface area contributed by atoms with Gasteiger partial charge in [0.2, 0.25) is 0 Å². The summed E-state index contributed by atoms with van der Waals surface area (Å²) >= 11 is 0. The molecule has 0 aliphatic rings. The van der Waals surface area contributed by atoms with Crippen LogP contribution in [0.4, 0.5) is 13.2 Å². The summed E-state index contributed by atoms with van der Waals surface area (Å²) < 4.78 is 64.3. The van der Waals surface area contributed by atoms with Crippen molar-refractivity contribution in [3.05, 3.63) is 60.3 Å². The highest BCUT2D eigenvalue weighted by molar-refractivity contribution is 7.90. The van der Waals surface area contributed by atoms with Crippen molar-refractivity contribution in [1.82, 2.24) is 8.87 Å². The highest BCUT2D eigenvalue weighted by Gasteiger charge is 2.38. The Morgan fingerprint density at radius 2 is 1.71 bits per heavy atom. The summed E-state index contributed by atoms with van der Waals surface area (Å²) in [5.41, 5.74) is 1.64. The molecule has 0 amide bonds. The van der Waals surface area contributed by atoms with E-state index in [1.807, 2.05) is 31.1 Å². The molecule has 31 heavy (non-hydrogen) atoms. The third-order valence-electron chi connectivity index (χ3n) is 4.10. The number of ether oxygens (including phenoxy) is 1. The van der Waals surface area contributed by atoms with Gasteiger partial charge in [0.25, 0.3) is 10.0 Å². The molecule has 1 aromatic heterocycles. The van der Waals surface area contributed by atoms with Crippen LogP contribution in [0.1, 0.15) is 5.56 Å². The SMILES string of the molecule is COc1cc(CN(C)C)c2ccn(S(=O)(=O)c3ccccc3)c2c1.O=C(O)C(F)(F)F. The molecule has 0 saturated heterocycles. The molecule has 0 fully saturated rings. The van der Waals surface area contributed by atoms with Gasteiger partial charge in [-0.2, -0.15) is 13.2 Å². The molecule has 11 heteroatoms. The Hall–Kier alpha value is -3.05. The molecule has 0 atom stereocenters. The second-order valence-electron chi connectivity index (χ2n) is 6.69. The van der Waals surface area contributed by atoms with E-state index < -0.39 is 22.2 Å². The van der Waals surface area contributed by atoms with Crippen molar-refractivity contribution >= 4 is 26.9 Å². The molecular formula is C20H21F3N2O5S. The van der Waals surface area contributed by atoms with Crippen molar-refractivity contribution in [2.75, 3.05) is 21.2 Å². The first-order chi connectivity index (χ1) is 14.4. The lowest BCUT2D eigenvalue weighted by molar-refractivity contribution is -0.192. The molecule has 0 saturated carbocycles. The second kappa shape index (κ2) is 9.40. The van der Waals surface area contributed by atoms with Gasteiger partial charge >= 0.3 is 12.1 Å². The topological polar surface area (TPSA) is 88.8 Å². The molecule has 1 heterocycles. The predicted molar refractivity (Wildman–Crippen MR) is 109 cm³/mol. The molecule has 0 radical (unpaired) electrons. The van der Waals surface area contributed by atoms with Gasteiger partial charge in [0.1, 0.15) is 5.75 Å². The third kappa shape index (κ3) is 5.76. The van der Waals surface area contributed by atoms with Crippen LogP contribution in [0.3, 0.4) is 0 Å². The highest BCUT2D eigenvalue weighted by Crippen LogP contribution is 2.29. The number of carbonyl (C=O) groups is 1. The van der Waals surface area contributed by atoms with Gasteiger partial charge in [0.05, 0.1) is 17.5 Å². The second-order valence-corrected chi connectivity index (χ2v) is 8.50. The fraction of sp³-hybridized carbons (Fsp3) is 0.250. The number of nitrogens with zero attached hydrogens (tertiary/aromatic N) is 2. The smallest absolute Gasteiger partial charge is 0.490 e. The van der Waals surface area contributed by atoms with Crippen LogP contribution in [0.15, 0.2) is 59.6 Å². The molecule has 2 aromatic carbocycles. The molecule has 7 nitrogen and oxygen atoms in total. The Labute approximate surface area is 177 Å². The van der Waals surface area contributed by atoms with Crippen LogP contribution in [0.2, 0.25) is 0 Å². The van der Waals surface area contributed by atoms with Crippen molar-refractivity contribution in [2.45, 2.75) is 17.6 Å². The molecule has 0 aliphatic heterocycles. The maximum Gasteiger partial charge on any atom is 0.490 e. The van der Waals surface area contributed by atoms with Crippen LogP contribution >= 0.6 is 0 Å². The zero-order chi connectivity index (χ0) is 23.4. The number of aliphatic carboxylic acids is 1. The maximum absolute atomic E-state index is 13.0. The van der Waals surface area contributed by atoms with Gasteiger partial charge in [-0.15, -0.1) is 0 Å². The first-order valence-electron chi connectivity index (χ1n) is 8.81. The van der Waals surface area contributed by atoms with E-state index in [1.54, 1.807) is 49.7 Å². The summed E-state index contributed by atoms with van der Waals surface area (Å²) in [6.07, 6.45) is -3.48. The Balaban J connectivity index is 0.000000423. The molecule has 168 valence electrons. The average molecular weight is 458 g/mol. The molecule has 0 unspecified atom stereocenters. The van der Waals surface area contributed by atoms with E-state index in [0.717, 1.165) is 10.9 Å². The monoisotopic (exact) mass is 458 g/mol. The number of carboxylic acid groups (broad SMARTS) is 1. The number of methoxy groups -OCH3 is 1. The number of halogens is 3. The van der Waals surface area contributed by atoms with E-state index >= 15 is 0 Å². The summed E-state index contributed by atoms with van der Waals surface area (Å²) in [6.45, 7) is 0.698. The van der Waals surface area contributed by atoms with Crippen molar-refractivity contribution in [3.63, 3.8) is 0 Å². The lowest BCUT2D eigenvalue weighted by atomic mass is 10.1. The Kier molecular flexibility index (Phi) is 7.34. The van der Waals surface area contributed by atoms with E-state index in [9.17, 15) is 21.6 Å². The van der Waals surface area contributed by atoms with Crippen LogP contribution in [0.25, 0.3) is 10.9 Å². The zero-order valence-corrected chi connectivity index (χ0v) is 17.7. The minimum atomic E-state index is -5.08. The van der Waals surface area contributed by atoms with E-state index in [4.69, 9.17) is 14.6 Å². The molecule has 0 spiro atoms. The number of alkyl halides is 3. The molecular weight excluding hydrogens is 437 g/mol. The quantitative estimate of drug-likeness (QED) is 0.629. The average Bonchev–Trinajstić information content (AvgIpc) is 3.13. The number of hydrogen-bond donors (Lipinski definition) is 1. The maximum atomic E-state index is 13.0. The fourth-order valence-electron chi connectivity index (χ4n) is 2.77. The number of benzene rings is 2. The highest BCUT2D eigenvalue weighted by atomic mass is 32.2. The minimum absolute atomic E-state index is 0.263. The number of rotatable bonds is 5. The van der Waals surface area contributed by atoms with E-state index in [1.165, 1.54) is 3.97 Å². The number of carboxylic acids is 1. The minimum Gasteiger partial charge on any atom is -0.497 e. The zero-order valence-electron chi connectivity index (χ0n) is 16.9. The normalized spacial score (nSPS) is 11.8. The summed E-state index contributed by atoms with van der Waals surface area (Å²) in [6, 6.07) is 14.0. The standard InChI is InChI=1S/C18H20N2O3S.C2HF3O2/c1-19(2)13-14-11-15(23-3)12-18-17(14)9-10-20(18)24(21,22)16-7-5-4-6-8-16;3-2(4,5)1(6)7/h4-12H,13H2,1-3H3;(H,6,7). The summed E-state index contributed by atoms with van der Waals surface area (Å²) in [5.74, 6) is -2.12. The van der Waals surface area contributed by atoms with Crippen LogP contribution in [0, 0.1) is 0 Å². The molecule has 0 bridgehead atoms. The van der Waals surface area contributed by atoms with Crippen molar-refractivity contribution in [3.8, 4) is 5.75 Å². The van der Waals surface area contributed by atoms with Gasteiger partial charge in [-0.1, -0.05) is 18.2 Å². The summed E-state index contributed by atoms with van der Waals surface area (Å²) in [4.78, 5) is 11.2. The van der Waals surface area contributed by atoms with Gasteiger partial charge in [-0.05, 0) is 43.9 Å². The van der Waals surface area contributed by atoms with E-state index in [0.29, 0.717) is 17.8 Å². The lowest BCUT2D eigenvalue weighted by Gasteiger charge is -2.14. The number of aromatic nitrogens is 1. The van der Waals surface area contributed by atoms with Crippen molar-refractivity contribution in [1.29, 1.82) is 0 Å². The molecule has 1 N–H and O–H groups in total. The van der Waals surface area contributed by atoms with Gasteiger partial charge in [-0.25, -0.2) is 17.2 Å². The van der Waals surface area contributed by atoms with Crippen molar-refractivity contribution < 1.29 is 36.2 Å². The fourth-order valence-corrected chi connectivity index (χ4v) is 4.13. The van der Waals surface area contributed by atoms with Gasteiger partial charge in [0, 0.05) is 24.2 Å². The molecule has 3 aromatic rings. The Morgan fingerprint density at radius 1 is 1.13 bits per heavy atom. The summed E-state index contributed by atoms with van der Waals surface area (Å²) in [7, 11) is 1.89. The first kappa shape index (κ1) is 24.2. The van der Waals surface area contributed by atoms with Crippen molar-refractivity contribution in [2.24, 2.45) is 0 Å². The van der Waals surface area contributed by atoms with Gasteiger partial charge in [-0.3, -0.25) is 0 Å². The van der Waals surface area contributed by atoms with E-state index in [2.05, 4.69) is 0 Å². The van der Waals surface area contributed by atoms with Gasteiger partial charge in [0.15, 0.2) is 0 Å². The van der Waals surface area contributed by atoms with Crippen LogP contribution in [0.5, 0.6) is 5.75 Å². The predicted octanol–water partition coefficient (Wildman–Crippen LogP) is 3.58. The lowest BCUT2D eigenvalue weighted by Crippen LogP contribution is -2.21. The molecule has 0 aliphatic carbocycles. The number of fused-ring (bicyclic) bond motifs is 1.